The molecule has 0 radical (unpaired) electrons. The van der Waals surface area contributed by atoms with Crippen molar-refractivity contribution < 1.29 is 14.3 Å². The molecule has 1 aliphatic rings. The first-order valence-corrected chi connectivity index (χ1v) is 11.2. The second-order valence-electron chi connectivity index (χ2n) is 6.54. The molecule has 1 heterocycles. The third-order valence-electron chi connectivity index (χ3n) is 4.42. The Hall–Kier alpha value is -2.80. The van der Waals surface area contributed by atoms with E-state index in [9.17, 15) is 4.79 Å². The molecule has 0 N–H and O–H groups in total. The second-order valence-corrected chi connectivity index (χ2v) is 8.66. The lowest BCUT2D eigenvalue weighted by atomic mass is 10.2. The number of amides is 1. The van der Waals surface area contributed by atoms with Crippen molar-refractivity contribution in [1.29, 1.82) is 0 Å². The molecule has 7 heteroatoms. The van der Waals surface area contributed by atoms with Crippen LogP contribution in [0.25, 0.3) is 6.08 Å². The lowest BCUT2D eigenvalue weighted by molar-refractivity contribution is -0.113. The number of rotatable bonds is 7. The van der Waals surface area contributed by atoms with Crippen molar-refractivity contribution in [3.8, 4) is 11.5 Å². The summed E-state index contributed by atoms with van der Waals surface area (Å²) in [5, 5.41) is 0.548. The summed E-state index contributed by atoms with van der Waals surface area (Å²) in [5.74, 6) is 1.29. The minimum absolute atomic E-state index is 0.181. The van der Waals surface area contributed by atoms with Gasteiger partial charge in [-0.3, -0.25) is 9.69 Å². The first kappa shape index (κ1) is 21.4. The van der Waals surface area contributed by atoms with Crippen LogP contribution in [0, 0.1) is 0 Å². The molecule has 3 aromatic carbocycles. The number of hydrogen-bond donors (Lipinski definition) is 0. The molecule has 1 aliphatic heterocycles. The predicted octanol–water partition coefficient (Wildman–Crippen LogP) is 6.20. The van der Waals surface area contributed by atoms with Crippen LogP contribution in [0.4, 0.5) is 5.69 Å². The van der Waals surface area contributed by atoms with Gasteiger partial charge in [0.2, 0.25) is 0 Å². The Morgan fingerprint density at radius 3 is 2.48 bits per heavy atom. The molecular formula is C24H18ClNO3S2. The van der Waals surface area contributed by atoms with E-state index < -0.39 is 0 Å². The SMILES string of the molecule is O=C1/C(=C\c2ccccc2OCCOc2ccccc2)SC(=S)N1c1cccc(Cl)c1. The fraction of sp³-hybridized carbons (Fsp3) is 0.0833. The zero-order valence-corrected chi connectivity index (χ0v) is 18.8. The van der Waals surface area contributed by atoms with E-state index in [0.717, 1.165) is 11.3 Å². The maximum atomic E-state index is 13.0. The Balaban J connectivity index is 1.46. The van der Waals surface area contributed by atoms with Crippen LogP contribution in [0.5, 0.6) is 11.5 Å². The Labute approximate surface area is 195 Å². The van der Waals surface area contributed by atoms with E-state index in [1.54, 1.807) is 24.3 Å². The van der Waals surface area contributed by atoms with Crippen LogP contribution in [0.15, 0.2) is 83.8 Å². The molecule has 0 aliphatic carbocycles. The van der Waals surface area contributed by atoms with Gasteiger partial charge in [0.05, 0.1) is 10.6 Å². The quantitative estimate of drug-likeness (QED) is 0.235. The highest BCUT2D eigenvalue weighted by Crippen LogP contribution is 2.37. The van der Waals surface area contributed by atoms with E-state index in [4.69, 9.17) is 33.3 Å². The van der Waals surface area contributed by atoms with Crippen LogP contribution in [0.2, 0.25) is 5.02 Å². The predicted molar refractivity (Wildman–Crippen MR) is 131 cm³/mol. The fourth-order valence-corrected chi connectivity index (χ4v) is 4.48. The molecule has 0 unspecified atom stereocenters. The van der Waals surface area contributed by atoms with Crippen LogP contribution in [-0.2, 0) is 4.79 Å². The summed E-state index contributed by atoms with van der Waals surface area (Å²) < 4.78 is 12.0. The Bertz CT molecular complexity index is 1130. The molecule has 4 rings (SSSR count). The Morgan fingerprint density at radius 2 is 1.68 bits per heavy atom. The molecule has 31 heavy (non-hydrogen) atoms. The van der Waals surface area contributed by atoms with Crippen molar-refractivity contribution in [2.75, 3.05) is 18.1 Å². The van der Waals surface area contributed by atoms with Gasteiger partial charge in [0, 0.05) is 10.6 Å². The third-order valence-corrected chi connectivity index (χ3v) is 5.96. The van der Waals surface area contributed by atoms with E-state index in [-0.39, 0.29) is 5.91 Å². The van der Waals surface area contributed by atoms with Gasteiger partial charge in [-0.05, 0) is 42.5 Å². The van der Waals surface area contributed by atoms with Crippen molar-refractivity contribution in [2.45, 2.75) is 0 Å². The van der Waals surface area contributed by atoms with E-state index in [0.29, 0.717) is 38.9 Å². The lowest BCUT2D eigenvalue weighted by Gasteiger charge is -2.14. The van der Waals surface area contributed by atoms with Crippen LogP contribution in [-0.4, -0.2) is 23.4 Å². The number of hydrogen-bond acceptors (Lipinski definition) is 5. The highest BCUT2D eigenvalue weighted by Gasteiger charge is 2.33. The molecule has 0 aromatic heterocycles. The highest BCUT2D eigenvalue weighted by molar-refractivity contribution is 8.27. The lowest BCUT2D eigenvalue weighted by Crippen LogP contribution is -2.27. The van der Waals surface area contributed by atoms with Gasteiger partial charge in [-0.1, -0.05) is 78.0 Å². The van der Waals surface area contributed by atoms with Gasteiger partial charge >= 0.3 is 0 Å². The molecule has 1 fully saturated rings. The van der Waals surface area contributed by atoms with Crippen molar-refractivity contribution in [2.24, 2.45) is 0 Å². The van der Waals surface area contributed by atoms with Crippen molar-refractivity contribution in [3.63, 3.8) is 0 Å². The van der Waals surface area contributed by atoms with Crippen LogP contribution in [0.1, 0.15) is 5.56 Å². The van der Waals surface area contributed by atoms with E-state index >= 15 is 0 Å². The summed E-state index contributed by atoms with van der Waals surface area (Å²) >= 11 is 12.8. The average molecular weight is 468 g/mol. The molecule has 3 aromatic rings. The smallest absolute Gasteiger partial charge is 0.270 e. The largest absolute Gasteiger partial charge is 0.490 e. The minimum atomic E-state index is -0.181. The molecule has 0 saturated carbocycles. The highest BCUT2D eigenvalue weighted by atomic mass is 35.5. The zero-order chi connectivity index (χ0) is 21.6. The summed E-state index contributed by atoms with van der Waals surface area (Å²) in [5.41, 5.74) is 1.45. The first-order valence-electron chi connectivity index (χ1n) is 9.55. The van der Waals surface area contributed by atoms with Crippen molar-refractivity contribution >= 4 is 57.6 Å². The van der Waals surface area contributed by atoms with E-state index in [1.165, 1.54) is 16.7 Å². The molecular weight excluding hydrogens is 450 g/mol. The number of carbonyl (C=O) groups is 1. The summed E-state index contributed by atoms with van der Waals surface area (Å²) in [6.07, 6.45) is 1.80. The molecule has 0 spiro atoms. The first-order chi connectivity index (χ1) is 15.1. The summed E-state index contributed by atoms with van der Waals surface area (Å²) in [6, 6.07) is 24.2. The standard InChI is InChI=1S/C24H18ClNO3S2/c25-18-8-6-9-19(16-18)26-23(27)22(31-24(26)30)15-17-7-4-5-12-21(17)29-14-13-28-20-10-2-1-3-11-20/h1-12,15-16H,13-14H2/b22-15+. The Morgan fingerprint density at radius 1 is 0.935 bits per heavy atom. The van der Waals surface area contributed by atoms with Gasteiger partial charge in [-0.15, -0.1) is 0 Å². The summed E-state index contributed by atoms with van der Waals surface area (Å²) in [4.78, 5) is 15.0. The molecule has 0 bridgehead atoms. The van der Waals surface area contributed by atoms with Crippen LogP contribution < -0.4 is 14.4 Å². The van der Waals surface area contributed by atoms with Gasteiger partial charge in [0.25, 0.3) is 5.91 Å². The normalized spacial score (nSPS) is 14.9. The number of para-hydroxylation sites is 2. The van der Waals surface area contributed by atoms with Crippen LogP contribution in [0.3, 0.4) is 0 Å². The minimum Gasteiger partial charge on any atom is -0.490 e. The summed E-state index contributed by atoms with van der Waals surface area (Å²) in [6.45, 7) is 0.790. The maximum Gasteiger partial charge on any atom is 0.270 e. The molecule has 1 saturated heterocycles. The molecule has 0 atom stereocenters. The van der Waals surface area contributed by atoms with Gasteiger partial charge in [0.15, 0.2) is 4.32 Å². The Kier molecular flexibility index (Phi) is 6.92. The van der Waals surface area contributed by atoms with Gasteiger partial charge in [0.1, 0.15) is 24.7 Å². The van der Waals surface area contributed by atoms with E-state index in [2.05, 4.69) is 0 Å². The van der Waals surface area contributed by atoms with Gasteiger partial charge in [-0.2, -0.15) is 0 Å². The number of thiocarbonyl (C=S) groups is 1. The molecule has 1 amide bonds. The van der Waals surface area contributed by atoms with E-state index in [1.807, 2.05) is 60.7 Å². The maximum absolute atomic E-state index is 13.0. The molecule has 156 valence electrons. The van der Waals surface area contributed by atoms with Gasteiger partial charge in [-0.25, -0.2) is 0 Å². The van der Waals surface area contributed by atoms with Crippen molar-refractivity contribution in [1.82, 2.24) is 0 Å². The number of halogens is 1. The summed E-state index contributed by atoms with van der Waals surface area (Å²) in [7, 11) is 0. The zero-order valence-electron chi connectivity index (χ0n) is 16.4. The topological polar surface area (TPSA) is 38.8 Å². The number of ether oxygens (including phenoxy) is 2. The fourth-order valence-electron chi connectivity index (χ4n) is 3.01. The number of nitrogens with zero attached hydrogens (tertiary/aromatic N) is 1. The number of carbonyl (C=O) groups excluding carboxylic acids is 1. The van der Waals surface area contributed by atoms with Crippen molar-refractivity contribution in [3.05, 3.63) is 94.4 Å². The molecule has 4 nitrogen and oxygen atoms in total. The second kappa shape index (κ2) is 10.0. The number of anilines is 1. The number of benzene rings is 3. The van der Waals surface area contributed by atoms with Gasteiger partial charge < -0.3 is 9.47 Å². The average Bonchev–Trinajstić information content (AvgIpc) is 3.06. The van der Waals surface area contributed by atoms with Crippen LogP contribution >= 0.6 is 35.6 Å². The number of thioether (sulfide) groups is 1. The third kappa shape index (κ3) is 5.28. The monoisotopic (exact) mass is 467 g/mol.